The Hall–Kier alpha value is -1.37. The Bertz CT molecular complexity index is 518. The largest absolute Gasteiger partial charge is 0.309 e. The Morgan fingerprint density at radius 1 is 1.42 bits per heavy atom. The first-order chi connectivity index (χ1) is 8.85. The highest BCUT2D eigenvalue weighted by atomic mass is 32.2. The van der Waals surface area contributed by atoms with E-state index >= 15 is 0 Å². The zero-order valence-corrected chi connectivity index (χ0v) is 12.4. The number of sulfone groups is 1. The van der Waals surface area contributed by atoms with Gasteiger partial charge in [-0.15, -0.1) is 0 Å². The maximum Gasteiger partial charge on any atom is 0.228 e. The number of aryl methyl sites for hydroxylation is 1. The molecule has 0 fully saturated rings. The fraction of sp³-hybridized carbons (Fsp3) is 0.667. The van der Waals surface area contributed by atoms with Crippen LogP contribution in [0.15, 0.2) is 12.3 Å². The lowest BCUT2D eigenvalue weighted by Crippen LogP contribution is -2.22. The number of anilines is 1. The molecule has 0 aliphatic carbocycles. The lowest BCUT2D eigenvalue weighted by Gasteiger charge is -2.10. The van der Waals surface area contributed by atoms with Crippen LogP contribution in [-0.4, -0.2) is 36.1 Å². The molecule has 1 N–H and O–H groups in total. The molecule has 7 heteroatoms. The second kappa shape index (κ2) is 6.70. The van der Waals surface area contributed by atoms with Crippen LogP contribution in [0.4, 0.5) is 5.82 Å². The Kier molecular flexibility index (Phi) is 5.53. The molecule has 0 atom stereocenters. The van der Waals surface area contributed by atoms with Gasteiger partial charge in [0.25, 0.3) is 0 Å². The summed E-state index contributed by atoms with van der Waals surface area (Å²) >= 11 is 0. The van der Waals surface area contributed by atoms with E-state index in [4.69, 9.17) is 0 Å². The van der Waals surface area contributed by atoms with Gasteiger partial charge in [0.1, 0.15) is 9.84 Å². The monoisotopic (exact) mass is 287 g/mol. The van der Waals surface area contributed by atoms with Gasteiger partial charge in [-0.2, -0.15) is 5.10 Å². The van der Waals surface area contributed by atoms with Crippen LogP contribution in [0.25, 0.3) is 0 Å². The van der Waals surface area contributed by atoms with E-state index in [9.17, 15) is 13.2 Å². The predicted octanol–water partition coefficient (Wildman–Crippen LogP) is 1.30. The van der Waals surface area contributed by atoms with Crippen molar-refractivity contribution in [2.75, 3.05) is 17.3 Å². The van der Waals surface area contributed by atoms with Crippen molar-refractivity contribution in [1.29, 1.82) is 0 Å². The van der Waals surface area contributed by atoms with Crippen molar-refractivity contribution in [2.45, 2.75) is 33.2 Å². The molecule has 0 unspecified atom stereocenters. The highest BCUT2D eigenvalue weighted by Gasteiger charge is 2.15. The number of carbonyl (C=O) groups excluding carboxylic acids is 1. The first-order valence-electron chi connectivity index (χ1n) is 6.37. The van der Waals surface area contributed by atoms with Gasteiger partial charge in [0.2, 0.25) is 5.91 Å². The zero-order chi connectivity index (χ0) is 14.5. The molecule has 1 rings (SSSR count). The maximum atomic E-state index is 11.8. The SMILES string of the molecule is CCC(CC)C(=O)Nc1ccn(CCS(C)(=O)=O)n1. The highest BCUT2D eigenvalue weighted by Crippen LogP contribution is 2.11. The quantitative estimate of drug-likeness (QED) is 0.819. The molecule has 1 amide bonds. The molecule has 0 bridgehead atoms. The lowest BCUT2D eigenvalue weighted by molar-refractivity contribution is -0.120. The van der Waals surface area contributed by atoms with Crippen molar-refractivity contribution in [3.63, 3.8) is 0 Å². The highest BCUT2D eigenvalue weighted by molar-refractivity contribution is 7.90. The van der Waals surface area contributed by atoms with Crippen LogP contribution in [0.3, 0.4) is 0 Å². The summed E-state index contributed by atoms with van der Waals surface area (Å²) in [7, 11) is -3.01. The van der Waals surface area contributed by atoms with E-state index in [0.29, 0.717) is 12.4 Å². The fourth-order valence-electron chi connectivity index (χ4n) is 1.70. The molecule has 0 aromatic carbocycles. The van der Waals surface area contributed by atoms with Crippen LogP contribution < -0.4 is 5.32 Å². The average Bonchev–Trinajstić information content (AvgIpc) is 2.75. The third-order valence-electron chi connectivity index (χ3n) is 2.94. The van der Waals surface area contributed by atoms with Gasteiger partial charge >= 0.3 is 0 Å². The number of nitrogens with one attached hydrogen (secondary N) is 1. The van der Waals surface area contributed by atoms with Gasteiger partial charge < -0.3 is 5.32 Å². The molecular formula is C12H21N3O3S. The van der Waals surface area contributed by atoms with Crippen molar-refractivity contribution >= 4 is 21.6 Å². The van der Waals surface area contributed by atoms with Gasteiger partial charge in [0.15, 0.2) is 5.82 Å². The van der Waals surface area contributed by atoms with E-state index in [2.05, 4.69) is 10.4 Å². The minimum atomic E-state index is -3.01. The molecule has 0 aliphatic heterocycles. The summed E-state index contributed by atoms with van der Waals surface area (Å²) in [6.45, 7) is 4.23. The minimum absolute atomic E-state index is 0.0128. The van der Waals surface area contributed by atoms with E-state index in [1.165, 1.54) is 10.9 Å². The Morgan fingerprint density at radius 2 is 2.05 bits per heavy atom. The zero-order valence-electron chi connectivity index (χ0n) is 11.6. The van der Waals surface area contributed by atoms with Crippen LogP contribution in [0.2, 0.25) is 0 Å². The van der Waals surface area contributed by atoms with Gasteiger partial charge in [-0.05, 0) is 12.8 Å². The molecule has 0 spiro atoms. The molecular weight excluding hydrogens is 266 g/mol. The Balaban J connectivity index is 2.58. The summed E-state index contributed by atoms with van der Waals surface area (Å²) in [4.78, 5) is 11.8. The molecule has 0 saturated carbocycles. The van der Waals surface area contributed by atoms with Crippen molar-refractivity contribution in [1.82, 2.24) is 9.78 Å². The Labute approximate surface area is 114 Å². The smallest absolute Gasteiger partial charge is 0.228 e. The number of aromatic nitrogens is 2. The number of hydrogen-bond acceptors (Lipinski definition) is 4. The van der Waals surface area contributed by atoms with Gasteiger partial charge in [-0.25, -0.2) is 8.42 Å². The minimum Gasteiger partial charge on any atom is -0.309 e. The molecule has 1 heterocycles. The lowest BCUT2D eigenvalue weighted by atomic mass is 10.0. The third kappa shape index (κ3) is 5.42. The molecule has 0 radical (unpaired) electrons. The first kappa shape index (κ1) is 15.7. The van der Waals surface area contributed by atoms with Gasteiger partial charge in [0.05, 0.1) is 12.3 Å². The molecule has 19 heavy (non-hydrogen) atoms. The summed E-state index contributed by atoms with van der Waals surface area (Å²) in [5, 5.41) is 6.87. The van der Waals surface area contributed by atoms with E-state index in [1.54, 1.807) is 12.3 Å². The van der Waals surface area contributed by atoms with Gasteiger partial charge in [-0.1, -0.05) is 13.8 Å². The van der Waals surface area contributed by atoms with Gasteiger partial charge in [-0.3, -0.25) is 9.48 Å². The van der Waals surface area contributed by atoms with E-state index in [1.807, 2.05) is 13.8 Å². The van der Waals surface area contributed by atoms with Crippen molar-refractivity contribution in [3.05, 3.63) is 12.3 Å². The summed E-state index contributed by atoms with van der Waals surface area (Å²) in [6, 6.07) is 1.67. The topological polar surface area (TPSA) is 81.1 Å². The summed E-state index contributed by atoms with van der Waals surface area (Å²) in [5.41, 5.74) is 0. The van der Waals surface area contributed by atoms with Crippen molar-refractivity contribution in [2.24, 2.45) is 5.92 Å². The maximum absolute atomic E-state index is 11.8. The third-order valence-corrected chi connectivity index (χ3v) is 3.86. The van der Waals surface area contributed by atoms with Crippen LogP contribution in [-0.2, 0) is 21.2 Å². The summed E-state index contributed by atoms with van der Waals surface area (Å²) in [5.74, 6) is 0.444. The van der Waals surface area contributed by atoms with Crippen LogP contribution in [0, 0.1) is 5.92 Å². The van der Waals surface area contributed by atoms with Crippen LogP contribution in [0.1, 0.15) is 26.7 Å². The number of nitrogens with zero attached hydrogens (tertiary/aromatic N) is 2. The van der Waals surface area contributed by atoms with E-state index in [-0.39, 0.29) is 17.6 Å². The molecule has 6 nitrogen and oxygen atoms in total. The number of carbonyl (C=O) groups is 1. The molecule has 1 aromatic heterocycles. The number of hydrogen-bond donors (Lipinski definition) is 1. The molecule has 0 aliphatic rings. The fourth-order valence-corrected chi connectivity index (χ4v) is 2.22. The molecule has 1 aromatic rings. The second-order valence-corrected chi connectivity index (χ2v) is 6.86. The van der Waals surface area contributed by atoms with E-state index < -0.39 is 9.84 Å². The number of amides is 1. The van der Waals surface area contributed by atoms with Crippen molar-refractivity contribution < 1.29 is 13.2 Å². The van der Waals surface area contributed by atoms with E-state index in [0.717, 1.165) is 12.8 Å². The predicted molar refractivity (Wildman–Crippen MR) is 74.6 cm³/mol. The summed E-state index contributed by atoms with van der Waals surface area (Å²) < 4.78 is 23.6. The number of rotatable bonds is 7. The molecule has 108 valence electrons. The second-order valence-electron chi connectivity index (χ2n) is 4.60. The summed E-state index contributed by atoms with van der Waals surface area (Å²) in [6.07, 6.45) is 4.42. The van der Waals surface area contributed by atoms with Crippen molar-refractivity contribution in [3.8, 4) is 0 Å². The molecule has 0 saturated heterocycles. The van der Waals surface area contributed by atoms with Crippen LogP contribution >= 0.6 is 0 Å². The standard InChI is InChI=1S/C12H21N3O3S/c1-4-10(5-2)12(16)13-11-6-7-15(14-11)8-9-19(3,17)18/h6-7,10H,4-5,8-9H2,1-3H3,(H,13,14,16). The van der Waals surface area contributed by atoms with Gasteiger partial charge in [0, 0.05) is 24.4 Å². The average molecular weight is 287 g/mol. The first-order valence-corrected chi connectivity index (χ1v) is 8.43. The van der Waals surface area contributed by atoms with Crippen LogP contribution in [0.5, 0.6) is 0 Å². The normalized spacial score (nSPS) is 11.8. The Morgan fingerprint density at radius 3 is 2.58 bits per heavy atom.